The Kier molecular flexibility index (Phi) is 5.33. The summed E-state index contributed by atoms with van der Waals surface area (Å²) in [6.45, 7) is 3.97. The summed E-state index contributed by atoms with van der Waals surface area (Å²) in [6.07, 6.45) is 1.18. The lowest BCUT2D eigenvalue weighted by Crippen LogP contribution is -2.30. The number of nitro benzene ring substituents is 1. The van der Waals surface area contributed by atoms with Gasteiger partial charge in [-0.15, -0.1) is 0 Å². The summed E-state index contributed by atoms with van der Waals surface area (Å²) in [5.74, 6) is -1.83. The van der Waals surface area contributed by atoms with Gasteiger partial charge in [0.05, 0.1) is 16.5 Å². The summed E-state index contributed by atoms with van der Waals surface area (Å²) in [6, 6.07) is 7.70. The van der Waals surface area contributed by atoms with Crippen LogP contribution in [0.5, 0.6) is 11.5 Å². The topological polar surface area (TPSA) is 130 Å². The molecule has 166 valence electrons. The first-order chi connectivity index (χ1) is 15.2. The van der Waals surface area contributed by atoms with E-state index in [-0.39, 0.29) is 29.5 Å². The van der Waals surface area contributed by atoms with Gasteiger partial charge in [0.1, 0.15) is 17.6 Å². The van der Waals surface area contributed by atoms with E-state index in [2.05, 4.69) is 0 Å². The number of ketones is 1. The summed E-state index contributed by atoms with van der Waals surface area (Å²) in [4.78, 5) is 37.6. The van der Waals surface area contributed by atoms with Crippen LogP contribution in [0.15, 0.2) is 42.0 Å². The summed E-state index contributed by atoms with van der Waals surface area (Å²) >= 11 is 0. The molecule has 2 N–H and O–H groups in total. The molecule has 9 nitrogen and oxygen atoms in total. The first-order valence-electron chi connectivity index (χ1n) is 10.3. The van der Waals surface area contributed by atoms with Crippen molar-refractivity contribution in [2.75, 3.05) is 6.54 Å². The van der Waals surface area contributed by atoms with Crippen molar-refractivity contribution in [3.8, 4) is 11.5 Å². The fourth-order valence-corrected chi connectivity index (χ4v) is 4.28. The highest BCUT2D eigenvalue weighted by Crippen LogP contribution is 2.42. The van der Waals surface area contributed by atoms with Gasteiger partial charge in [0.15, 0.2) is 5.75 Å². The van der Waals surface area contributed by atoms with Crippen molar-refractivity contribution in [2.45, 2.75) is 38.8 Å². The predicted octanol–water partition coefficient (Wildman–Crippen LogP) is 3.46. The molecule has 0 aromatic heterocycles. The highest BCUT2D eigenvalue weighted by molar-refractivity contribution is 6.46. The molecule has 0 saturated carbocycles. The number of fused-ring (bicyclic) bond motifs is 1. The van der Waals surface area contributed by atoms with Crippen LogP contribution >= 0.6 is 0 Å². The average molecular weight is 438 g/mol. The minimum absolute atomic E-state index is 0.00456. The van der Waals surface area contributed by atoms with E-state index in [4.69, 9.17) is 4.74 Å². The number of carbonyl (C=O) groups is 2. The molecule has 1 amide bonds. The minimum Gasteiger partial charge on any atom is -0.507 e. The highest BCUT2D eigenvalue weighted by Gasteiger charge is 2.46. The largest absolute Gasteiger partial charge is 0.507 e. The number of rotatable bonds is 5. The fraction of sp³-hybridized carbons (Fsp3) is 0.304. The maximum atomic E-state index is 12.9. The highest BCUT2D eigenvalue weighted by atomic mass is 16.6. The number of aliphatic hydroxyl groups excluding tert-OH is 1. The lowest BCUT2D eigenvalue weighted by Gasteiger charge is -2.24. The van der Waals surface area contributed by atoms with Crippen molar-refractivity contribution in [3.63, 3.8) is 0 Å². The number of nitrogens with zero attached hydrogens (tertiary/aromatic N) is 2. The van der Waals surface area contributed by atoms with Gasteiger partial charge in [-0.2, -0.15) is 0 Å². The number of aliphatic hydroxyl groups is 1. The lowest BCUT2D eigenvalue weighted by atomic mass is 9.94. The third-order valence-electron chi connectivity index (χ3n) is 5.69. The van der Waals surface area contributed by atoms with Crippen LogP contribution in [-0.2, 0) is 16.0 Å². The molecule has 0 bridgehead atoms. The number of Topliss-reactive ketones (excluding diaryl/α,β-unsaturated/α-hetero) is 1. The summed E-state index contributed by atoms with van der Waals surface area (Å²) in [5.41, 5.74) is 0.792. The quantitative estimate of drug-likeness (QED) is 0.240. The number of ether oxygens (including phenoxy) is 1. The Morgan fingerprint density at radius 2 is 2.00 bits per heavy atom. The molecule has 2 heterocycles. The van der Waals surface area contributed by atoms with E-state index >= 15 is 0 Å². The monoisotopic (exact) mass is 438 g/mol. The maximum absolute atomic E-state index is 12.9. The van der Waals surface area contributed by atoms with Gasteiger partial charge in [-0.05, 0) is 48.7 Å². The molecule has 2 aliphatic heterocycles. The number of nitro groups is 1. The van der Waals surface area contributed by atoms with Crippen LogP contribution < -0.4 is 4.74 Å². The van der Waals surface area contributed by atoms with Crippen LogP contribution in [0.4, 0.5) is 5.69 Å². The molecule has 4 rings (SSSR count). The normalized spacial score (nSPS) is 21.5. The van der Waals surface area contributed by atoms with Gasteiger partial charge in [-0.1, -0.05) is 13.0 Å². The molecule has 0 aliphatic carbocycles. The molecule has 2 atom stereocenters. The van der Waals surface area contributed by atoms with Crippen LogP contribution in [0.1, 0.15) is 43.0 Å². The van der Waals surface area contributed by atoms with Crippen molar-refractivity contribution < 1.29 is 29.5 Å². The van der Waals surface area contributed by atoms with Gasteiger partial charge >= 0.3 is 5.69 Å². The van der Waals surface area contributed by atoms with Crippen LogP contribution in [0.25, 0.3) is 5.76 Å². The maximum Gasteiger partial charge on any atom is 0.311 e. The Balaban J connectivity index is 1.88. The number of aromatic hydroxyl groups is 1. The zero-order valence-corrected chi connectivity index (χ0v) is 17.6. The van der Waals surface area contributed by atoms with Gasteiger partial charge in [-0.3, -0.25) is 19.7 Å². The Labute approximate surface area is 183 Å². The van der Waals surface area contributed by atoms with Crippen molar-refractivity contribution in [1.82, 2.24) is 4.90 Å². The van der Waals surface area contributed by atoms with Gasteiger partial charge in [0.2, 0.25) is 0 Å². The number of likely N-dealkylation sites (tertiary alicyclic amines) is 1. The molecule has 9 heteroatoms. The molecule has 0 radical (unpaired) electrons. The van der Waals surface area contributed by atoms with E-state index in [1.165, 1.54) is 11.0 Å². The van der Waals surface area contributed by atoms with Crippen LogP contribution in [-0.4, -0.2) is 44.4 Å². The Morgan fingerprint density at radius 1 is 1.25 bits per heavy atom. The third kappa shape index (κ3) is 3.45. The summed E-state index contributed by atoms with van der Waals surface area (Å²) < 4.78 is 5.68. The number of hydrogen-bond donors (Lipinski definition) is 2. The van der Waals surface area contributed by atoms with Crippen LogP contribution in [0, 0.1) is 10.1 Å². The van der Waals surface area contributed by atoms with Gasteiger partial charge in [0.25, 0.3) is 11.7 Å². The fourth-order valence-electron chi connectivity index (χ4n) is 4.28. The van der Waals surface area contributed by atoms with Crippen molar-refractivity contribution >= 4 is 23.1 Å². The molecular formula is C23H22N2O7. The Bertz CT molecular complexity index is 1170. The molecule has 0 spiro atoms. The lowest BCUT2D eigenvalue weighted by molar-refractivity contribution is -0.385. The van der Waals surface area contributed by atoms with Gasteiger partial charge < -0.3 is 19.8 Å². The number of carbonyl (C=O) groups excluding carboxylic acids is 2. The number of phenols is 1. The van der Waals surface area contributed by atoms with E-state index < -0.39 is 34.1 Å². The summed E-state index contributed by atoms with van der Waals surface area (Å²) in [7, 11) is 0. The molecule has 1 saturated heterocycles. The molecule has 2 unspecified atom stereocenters. The van der Waals surface area contributed by atoms with Crippen molar-refractivity contribution in [2.24, 2.45) is 0 Å². The standard InChI is InChI=1S/C23H22N2O7/c1-3-8-24-20(13-4-6-17(26)16(11-13)25(30)31)19(22(28)23(24)29)21(27)14-5-7-18-15(10-14)9-12(2)32-18/h4-7,10-12,20,26-27H,3,8-9H2,1-2H3/b21-19+. The molecular weight excluding hydrogens is 416 g/mol. The third-order valence-corrected chi connectivity index (χ3v) is 5.69. The molecule has 2 aromatic rings. The van der Waals surface area contributed by atoms with Crippen LogP contribution in [0.3, 0.4) is 0 Å². The zero-order valence-electron chi connectivity index (χ0n) is 17.6. The molecule has 1 fully saturated rings. The Hall–Kier alpha value is -3.88. The minimum atomic E-state index is -1.02. The number of phenolic OH excluding ortho intramolecular Hbond substituents is 1. The first-order valence-corrected chi connectivity index (χ1v) is 10.3. The van der Waals surface area contributed by atoms with Gasteiger partial charge in [-0.25, -0.2) is 0 Å². The number of benzene rings is 2. The Morgan fingerprint density at radius 3 is 2.69 bits per heavy atom. The summed E-state index contributed by atoms with van der Waals surface area (Å²) in [5, 5.41) is 32.3. The molecule has 2 aromatic carbocycles. The van der Waals surface area contributed by atoms with E-state index in [9.17, 15) is 29.9 Å². The van der Waals surface area contributed by atoms with Gasteiger partial charge in [0, 0.05) is 24.6 Å². The zero-order chi connectivity index (χ0) is 23.2. The van der Waals surface area contributed by atoms with E-state index in [0.29, 0.717) is 24.2 Å². The van der Waals surface area contributed by atoms with Crippen molar-refractivity contribution in [3.05, 3.63) is 68.8 Å². The smallest absolute Gasteiger partial charge is 0.311 e. The van der Waals surface area contributed by atoms with Crippen molar-refractivity contribution in [1.29, 1.82) is 0 Å². The van der Waals surface area contributed by atoms with E-state index in [1.807, 2.05) is 13.8 Å². The van der Waals surface area contributed by atoms with E-state index in [0.717, 1.165) is 17.7 Å². The SMILES string of the molecule is CCCN1C(=O)C(=O)/C(=C(/O)c2ccc3c(c2)CC(C)O3)C1c1ccc(O)c([N+](=O)[O-])c1. The number of hydrogen-bond acceptors (Lipinski definition) is 7. The number of amides is 1. The molecule has 32 heavy (non-hydrogen) atoms. The second-order valence-corrected chi connectivity index (χ2v) is 7.95. The average Bonchev–Trinajstić information content (AvgIpc) is 3.24. The van der Waals surface area contributed by atoms with Crippen LogP contribution in [0.2, 0.25) is 0 Å². The predicted molar refractivity (Wildman–Crippen MR) is 114 cm³/mol. The second-order valence-electron chi connectivity index (χ2n) is 7.95. The molecule has 2 aliphatic rings. The van der Waals surface area contributed by atoms with E-state index in [1.54, 1.807) is 18.2 Å². The first kappa shape index (κ1) is 21.4. The second kappa shape index (κ2) is 7.99.